The standard InChI is InChI=1S/C24H24ClN3O5S/c1-16-11-20(25)15-21(12-16)34(32,33)28-10-4-9-27(28)24(31)26-22(23(29)30)14-17-7-8-18-5-2-3-6-19(18)13-17/h2-3,5-8,11-13,15,22H,4,9-10,14H2,1H3,(H,26,31)(H,29,30)/t22-/m0/s1. The van der Waals surface area contributed by atoms with Crippen LogP contribution in [-0.2, 0) is 21.2 Å². The first kappa shape index (κ1) is 24.0. The number of hydrogen-bond donors (Lipinski definition) is 2. The number of nitrogens with one attached hydrogen (secondary N) is 1. The van der Waals surface area contributed by atoms with Crippen molar-refractivity contribution in [3.05, 3.63) is 76.8 Å². The lowest BCUT2D eigenvalue weighted by molar-refractivity contribution is -0.139. The molecule has 2 N–H and O–H groups in total. The summed E-state index contributed by atoms with van der Waals surface area (Å²) in [5, 5.41) is 15.5. The van der Waals surface area contributed by atoms with Gasteiger partial charge in [-0.2, -0.15) is 0 Å². The van der Waals surface area contributed by atoms with Gasteiger partial charge in [0.1, 0.15) is 6.04 Å². The van der Waals surface area contributed by atoms with Crippen LogP contribution >= 0.6 is 11.6 Å². The minimum Gasteiger partial charge on any atom is -0.480 e. The molecule has 1 saturated heterocycles. The smallest absolute Gasteiger partial charge is 0.333 e. The molecule has 1 aliphatic rings. The second-order valence-corrected chi connectivity index (χ2v) is 10.5. The summed E-state index contributed by atoms with van der Waals surface area (Å²) < 4.78 is 27.4. The number of hydrazine groups is 1. The minimum absolute atomic E-state index is 0.0249. The summed E-state index contributed by atoms with van der Waals surface area (Å²) in [6.07, 6.45) is 0.481. The number of carbonyl (C=O) groups is 2. The summed E-state index contributed by atoms with van der Waals surface area (Å²) in [6, 6.07) is 15.7. The highest BCUT2D eigenvalue weighted by Crippen LogP contribution is 2.26. The summed E-state index contributed by atoms with van der Waals surface area (Å²) in [4.78, 5) is 24.9. The van der Waals surface area contributed by atoms with Crippen molar-refractivity contribution in [1.29, 1.82) is 0 Å². The lowest BCUT2D eigenvalue weighted by atomic mass is 10.0. The molecule has 0 bridgehead atoms. The first-order valence-corrected chi connectivity index (χ1v) is 12.6. The molecule has 8 nitrogen and oxygen atoms in total. The summed E-state index contributed by atoms with van der Waals surface area (Å²) in [7, 11) is -4.05. The third-order valence-corrected chi connectivity index (χ3v) is 7.65. The number of hydrogen-bond acceptors (Lipinski definition) is 4. The fraction of sp³-hybridized carbons (Fsp3) is 0.250. The van der Waals surface area contributed by atoms with E-state index in [1.165, 1.54) is 12.1 Å². The van der Waals surface area contributed by atoms with E-state index in [1.54, 1.807) is 13.0 Å². The molecule has 0 radical (unpaired) electrons. The van der Waals surface area contributed by atoms with Gasteiger partial charge in [0, 0.05) is 24.5 Å². The average molecular weight is 502 g/mol. The molecule has 10 heteroatoms. The van der Waals surface area contributed by atoms with Gasteiger partial charge in [0.05, 0.1) is 4.90 Å². The Kier molecular flexibility index (Phi) is 6.79. The molecule has 0 unspecified atom stereocenters. The Balaban J connectivity index is 1.53. The van der Waals surface area contributed by atoms with Crippen LogP contribution < -0.4 is 5.32 Å². The van der Waals surface area contributed by atoms with Gasteiger partial charge in [0.2, 0.25) is 0 Å². The lowest BCUT2D eigenvalue weighted by Gasteiger charge is -2.28. The van der Waals surface area contributed by atoms with Crippen molar-refractivity contribution >= 4 is 44.4 Å². The number of carboxylic acids is 1. The van der Waals surface area contributed by atoms with E-state index in [4.69, 9.17) is 11.6 Å². The van der Waals surface area contributed by atoms with Gasteiger partial charge in [-0.1, -0.05) is 54.1 Å². The normalized spacial score (nSPS) is 15.4. The number of sulfonamides is 1. The largest absolute Gasteiger partial charge is 0.480 e. The predicted molar refractivity (Wildman–Crippen MR) is 129 cm³/mol. The summed E-state index contributed by atoms with van der Waals surface area (Å²) in [5.41, 5.74) is 1.41. The second kappa shape index (κ2) is 9.61. The monoisotopic (exact) mass is 501 g/mol. The van der Waals surface area contributed by atoms with Crippen molar-refractivity contribution in [3.63, 3.8) is 0 Å². The second-order valence-electron chi connectivity index (χ2n) is 8.22. The molecule has 0 aromatic heterocycles. The van der Waals surface area contributed by atoms with Crippen LogP contribution in [0.4, 0.5) is 4.79 Å². The van der Waals surface area contributed by atoms with Gasteiger partial charge in [-0.3, -0.25) is 0 Å². The van der Waals surface area contributed by atoms with E-state index >= 15 is 0 Å². The number of nitrogens with zero attached hydrogens (tertiary/aromatic N) is 2. The Morgan fingerprint density at radius 3 is 2.50 bits per heavy atom. The van der Waals surface area contributed by atoms with Crippen molar-refractivity contribution in [1.82, 2.24) is 14.7 Å². The number of halogens is 1. The Hall–Kier alpha value is -3.14. The van der Waals surface area contributed by atoms with Crippen molar-refractivity contribution in [2.75, 3.05) is 13.1 Å². The average Bonchev–Trinajstić information content (AvgIpc) is 3.29. The molecule has 3 aromatic carbocycles. The van der Waals surface area contributed by atoms with Crippen LogP contribution in [-0.4, -0.2) is 54.1 Å². The summed E-state index contributed by atoms with van der Waals surface area (Å²) in [6.45, 7) is 1.97. The van der Waals surface area contributed by atoms with Crippen molar-refractivity contribution in [2.24, 2.45) is 0 Å². The highest BCUT2D eigenvalue weighted by Gasteiger charge is 2.38. The van der Waals surface area contributed by atoms with Crippen molar-refractivity contribution in [3.8, 4) is 0 Å². The predicted octanol–water partition coefficient (Wildman–Crippen LogP) is 3.82. The molecule has 0 spiro atoms. The molecule has 2 amide bonds. The molecular weight excluding hydrogens is 478 g/mol. The number of rotatable bonds is 6. The van der Waals surface area contributed by atoms with E-state index in [2.05, 4.69) is 5.32 Å². The van der Waals surface area contributed by atoms with Gasteiger partial charge in [-0.05, 0) is 53.4 Å². The van der Waals surface area contributed by atoms with Gasteiger partial charge in [-0.15, -0.1) is 4.41 Å². The van der Waals surface area contributed by atoms with Crippen LogP contribution in [0, 0.1) is 6.92 Å². The van der Waals surface area contributed by atoms with Crippen molar-refractivity contribution < 1.29 is 23.1 Å². The summed E-state index contributed by atoms with van der Waals surface area (Å²) in [5.74, 6) is -1.21. The molecule has 4 rings (SSSR count). The maximum atomic E-state index is 13.2. The van der Waals surface area contributed by atoms with E-state index in [0.717, 1.165) is 25.8 Å². The van der Waals surface area contributed by atoms with Gasteiger partial charge in [0.15, 0.2) is 0 Å². The minimum atomic E-state index is -4.05. The molecule has 1 aliphatic heterocycles. The molecule has 1 fully saturated rings. The third-order valence-electron chi connectivity index (χ3n) is 5.66. The Morgan fingerprint density at radius 2 is 1.79 bits per heavy atom. The Morgan fingerprint density at radius 1 is 1.06 bits per heavy atom. The molecule has 0 aliphatic carbocycles. The number of carbonyl (C=O) groups excluding carboxylic acids is 1. The molecule has 1 heterocycles. The molecule has 0 saturated carbocycles. The number of urea groups is 1. The van der Waals surface area contributed by atoms with E-state index in [9.17, 15) is 23.1 Å². The van der Waals surface area contributed by atoms with E-state index in [1.807, 2.05) is 42.5 Å². The van der Waals surface area contributed by atoms with E-state index in [-0.39, 0.29) is 29.4 Å². The zero-order chi connectivity index (χ0) is 24.5. The number of benzene rings is 3. The van der Waals surface area contributed by atoms with Crippen LogP contribution in [0.25, 0.3) is 10.8 Å². The zero-order valence-corrected chi connectivity index (χ0v) is 20.0. The van der Waals surface area contributed by atoms with E-state index < -0.39 is 28.1 Å². The van der Waals surface area contributed by atoms with Crippen LogP contribution in [0.3, 0.4) is 0 Å². The maximum Gasteiger partial charge on any atom is 0.333 e. The first-order chi connectivity index (χ1) is 16.1. The number of fused-ring (bicyclic) bond motifs is 1. The number of aliphatic carboxylic acids is 1. The fourth-order valence-corrected chi connectivity index (χ4v) is 6.03. The van der Waals surface area contributed by atoms with Crippen molar-refractivity contribution in [2.45, 2.75) is 30.7 Å². The number of amides is 2. The SMILES string of the molecule is Cc1cc(Cl)cc(S(=O)(=O)N2CCCN2C(=O)N[C@@H](Cc2ccc3ccccc3c2)C(=O)O)c1. The Bertz CT molecular complexity index is 1340. The highest BCUT2D eigenvalue weighted by molar-refractivity contribution is 7.89. The number of aryl methyl sites for hydroxylation is 1. The number of carboxylic acid groups (broad SMARTS) is 1. The van der Waals surface area contributed by atoms with Crippen LogP contribution in [0.5, 0.6) is 0 Å². The van der Waals surface area contributed by atoms with Gasteiger partial charge in [-0.25, -0.2) is 23.0 Å². The van der Waals surface area contributed by atoms with Gasteiger partial charge >= 0.3 is 12.0 Å². The molecule has 1 atom stereocenters. The zero-order valence-electron chi connectivity index (χ0n) is 18.4. The highest BCUT2D eigenvalue weighted by atomic mass is 35.5. The maximum absolute atomic E-state index is 13.2. The van der Waals surface area contributed by atoms with Crippen LogP contribution in [0.2, 0.25) is 5.02 Å². The van der Waals surface area contributed by atoms with Gasteiger partial charge in [0.25, 0.3) is 10.0 Å². The quantitative estimate of drug-likeness (QED) is 0.534. The molecule has 178 valence electrons. The first-order valence-electron chi connectivity index (χ1n) is 10.7. The molecule has 34 heavy (non-hydrogen) atoms. The van der Waals surface area contributed by atoms with Crippen LogP contribution in [0.1, 0.15) is 17.5 Å². The Labute approximate surface area is 202 Å². The molecular formula is C24H24ClN3O5S. The van der Waals surface area contributed by atoms with Gasteiger partial charge < -0.3 is 10.4 Å². The topological polar surface area (TPSA) is 107 Å². The fourth-order valence-electron chi connectivity index (χ4n) is 4.04. The lowest BCUT2D eigenvalue weighted by Crippen LogP contribution is -2.53. The van der Waals surface area contributed by atoms with E-state index in [0.29, 0.717) is 12.0 Å². The van der Waals surface area contributed by atoms with Crippen LogP contribution in [0.15, 0.2) is 65.6 Å². The third kappa shape index (κ3) is 5.01. The summed E-state index contributed by atoms with van der Waals surface area (Å²) >= 11 is 6.04. The molecule has 3 aromatic rings.